The third-order valence-electron chi connectivity index (χ3n) is 5.33. The zero-order chi connectivity index (χ0) is 21.5. The largest absolute Gasteiger partial charge is 0.497 e. The number of carbonyl (C=O) groups is 1. The molecular formula is C21H31N5O4. The molecule has 0 saturated carbocycles. The lowest BCUT2D eigenvalue weighted by Gasteiger charge is -2.21. The summed E-state index contributed by atoms with van der Waals surface area (Å²) in [4.78, 5) is 14.4. The minimum absolute atomic E-state index is 0.0536. The van der Waals surface area contributed by atoms with Crippen LogP contribution in [-0.4, -0.2) is 66.6 Å². The van der Waals surface area contributed by atoms with Crippen LogP contribution in [0.4, 0.5) is 0 Å². The van der Waals surface area contributed by atoms with Crippen LogP contribution in [0.15, 0.2) is 18.2 Å². The van der Waals surface area contributed by atoms with Gasteiger partial charge in [0.25, 0.3) is 0 Å². The van der Waals surface area contributed by atoms with Gasteiger partial charge in [-0.25, -0.2) is 0 Å². The summed E-state index contributed by atoms with van der Waals surface area (Å²) in [5, 5.41) is 11.7. The quantitative estimate of drug-likeness (QED) is 0.662. The van der Waals surface area contributed by atoms with Crippen molar-refractivity contribution in [1.82, 2.24) is 25.0 Å². The van der Waals surface area contributed by atoms with Gasteiger partial charge in [0.05, 0.1) is 26.9 Å². The molecule has 0 radical (unpaired) electrons. The second-order valence-corrected chi connectivity index (χ2v) is 7.36. The molecule has 1 aliphatic heterocycles. The zero-order valence-electron chi connectivity index (χ0n) is 18.2. The van der Waals surface area contributed by atoms with Crippen LogP contribution in [0.3, 0.4) is 0 Å². The topological polar surface area (TPSA) is 90.7 Å². The molecule has 164 valence electrons. The lowest BCUT2D eigenvalue weighted by atomic mass is 10.1. The molecule has 3 rings (SSSR count). The summed E-state index contributed by atoms with van der Waals surface area (Å²) in [5.41, 5.74) is 1.09. The van der Waals surface area contributed by atoms with Crippen molar-refractivity contribution in [3.05, 3.63) is 35.4 Å². The van der Waals surface area contributed by atoms with Crippen LogP contribution in [0.2, 0.25) is 0 Å². The van der Waals surface area contributed by atoms with Crippen molar-refractivity contribution < 1.29 is 19.0 Å². The van der Waals surface area contributed by atoms with Crippen molar-refractivity contribution in [2.45, 2.75) is 38.9 Å². The van der Waals surface area contributed by atoms with Gasteiger partial charge in [0.15, 0.2) is 5.82 Å². The zero-order valence-corrected chi connectivity index (χ0v) is 18.2. The van der Waals surface area contributed by atoms with E-state index in [4.69, 9.17) is 14.2 Å². The Hall–Kier alpha value is -2.65. The molecule has 1 amide bonds. The van der Waals surface area contributed by atoms with Crippen LogP contribution in [-0.2, 0) is 29.0 Å². The number of ether oxygens (including phenoxy) is 3. The Kier molecular flexibility index (Phi) is 7.64. The molecule has 0 bridgehead atoms. The van der Waals surface area contributed by atoms with Crippen LogP contribution in [0.25, 0.3) is 0 Å². The second-order valence-electron chi connectivity index (χ2n) is 7.36. The molecule has 1 unspecified atom stereocenters. The number of nitrogens with one attached hydrogen (secondary N) is 1. The molecule has 2 heterocycles. The summed E-state index contributed by atoms with van der Waals surface area (Å²) in [7, 11) is 4.94. The van der Waals surface area contributed by atoms with E-state index in [1.165, 1.54) is 0 Å². The van der Waals surface area contributed by atoms with E-state index in [-0.39, 0.29) is 11.9 Å². The molecule has 1 atom stereocenters. The van der Waals surface area contributed by atoms with E-state index in [9.17, 15) is 4.79 Å². The van der Waals surface area contributed by atoms with Gasteiger partial charge in [-0.15, -0.1) is 10.2 Å². The Bertz CT molecular complexity index is 854. The molecule has 9 heteroatoms. The summed E-state index contributed by atoms with van der Waals surface area (Å²) in [6, 6.07) is 5.65. The Balaban J connectivity index is 1.66. The van der Waals surface area contributed by atoms with Crippen LogP contribution in [0.5, 0.6) is 11.5 Å². The van der Waals surface area contributed by atoms with Crippen molar-refractivity contribution in [2.24, 2.45) is 0 Å². The fraction of sp³-hybridized carbons (Fsp3) is 0.571. The molecule has 0 saturated heterocycles. The normalized spacial score (nSPS) is 15.2. The number of aromatic nitrogens is 3. The van der Waals surface area contributed by atoms with Gasteiger partial charge in [0.1, 0.15) is 17.3 Å². The molecule has 0 spiro atoms. The van der Waals surface area contributed by atoms with Crippen molar-refractivity contribution in [3.8, 4) is 11.5 Å². The van der Waals surface area contributed by atoms with Gasteiger partial charge in [-0.2, -0.15) is 0 Å². The number of fused-ring (bicyclic) bond motifs is 1. The first-order chi connectivity index (χ1) is 14.5. The summed E-state index contributed by atoms with van der Waals surface area (Å²) >= 11 is 0. The Morgan fingerprint density at radius 2 is 2.00 bits per heavy atom. The first kappa shape index (κ1) is 22.0. The van der Waals surface area contributed by atoms with E-state index in [0.29, 0.717) is 13.0 Å². The number of nitrogens with zero attached hydrogens (tertiary/aromatic N) is 4. The van der Waals surface area contributed by atoms with E-state index in [1.54, 1.807) is 21.3 Å². The number of carbonyl (C=O) groups excluding carboxylic acids is 1. The SMILES string of the molecule is COCCC(=O)NC(C)c1nnc2n1CCN(Cc1cc(OC)ccc1OC)CC2. The molecule has 1 aliphatic rings. The van der Waals surface area contributed by atoms with E-state index in [0.717, 1.165) is 61.3 Å². The molecule has 0 aliphatic carbocycles. The van der Waals surface area contributed by atoms with Gasteiger partial charge in [-0.1, -0.05) is 0 Å². The van der Waals surface area contributed by atoms with Gasteiger partial charge in [0, 0.05) is 51.7 Å². The maximum Gasteiger partial charge on any atom is 0.222 e. The lowest BCUT2D eigenvalue weighted by molar-refractivity contribution is -0.122. The molecule has 2 aromatic rings. The standard InChI is InChI=1S/C21H31N5O4/c1-15(22-20(27)8-12-28-2)21-24-23-19-7-9-25(10-11-26(19)21)14-16-13-17(29-3)5-6-18(16)30-4/h5-6,13,15H,7-12,14H2,1-4H3,(H,22,27). The predicted molar refractivity (Wildman–Crippen MR) is 112 cm³/mol. The smallest absolute Gasteiger partial charge is 0.222 e. The Morgan fingerprint density at radius 3 is 2.73 bits per heavy atom. The number of amides is 1. The van der Waals surface area contributed by atoms with Crippen LogP contribution < -0.4 is 14.8 Å². The van der Waals surface area contributed by atoms with E-state index in [2.05, 4.69) is 25.0 Å². The highest BCUT2D eigenvalue weighted by Crippen LogP contribution is 2.26. The molecular weight excluding hydrogens is 386 g/mol. The molecule has 0 fully saturated rings. The first-order valence-electron chi connectivity index (χ1n) is 10.2. The number of hydrogen-bond acceptors (Lipinski definition) is 7. The van der Waals surface area contributed by atoms with Crippen LogP contribution >= 0.6 is 0 Å². The highest BCUT2D eigenvalue weighted by Gasteiger charge is 2.23. The number of methoxy groups -OCH3 is 3. The fourth-order valence-corrected chi connectivity index (χ4v) is 3.69. The number of rotatable bonds is 9. The van der Waals surface area contributed by atoms with Gasteiger partial charge in [-0.05, 0) is 25.1 Å². The van der Waals surface area contributed by atoms with E-state index < -0.39 is 0 Å². The summed E-state index contributed by atoms with van der Waals surface area (Å²) in [6.07, 6.45) is 1.13. The average molecular weight is 418 g/mol. The number of benzene rings is 1. The third-order valence-corrected chi connectivity index (χ3v) is 5.33. The van der Waals surface area contributed by atoms with E-state index >= 15 is 0 Å². The predicted octanol–water partition coefficient (Wildman–Crippen LogP) is 1.57. The van der Waals surface area contributed by atoms with Crippen molar-refractivity contribution in [1.29, 1.82) is 0 Å². The summed E-state index contributed by atoms with van der Waals surface area (Å²) in [5.74, 6) is 3.35. The van der Waals surface area contributed by atoms with Crippen molar-refractivity contribution in [2.75, 3.05) is 41.0 Å². The fourth-order valence-electron chi connectivity index (χ4n) is 3.69. The maximum absolute atomic E-state index is 12.0. The molecule has 9 nitrogen and oxygen atoms in total. The number of hydrogen-bond donors (Lipinski definition) is 1. The summed E-state index contributed by atoms with van der Waals surface area (Å²) < 4.78 is 18.0. The Morgan fingerprint density at radius 1 is 1.17 bits per heavy atom. The van der Waals surface area contributed by atoms with Crippen molar-refractivity contribution in [3.63, 3.8) is 0 Å². The van der Waals surface area contributed by atoms with Gasteiger partial charge < -0.3 is 24.1 Å². The van der Waals surface area contributed by atoms with E-state index in [1.807, 2.05) is 25.1 Å². The first-order valence-corrected chi connectivity index (χ1v) is 10.2. The highest BCUT2D eigenvalue weighted by atomic mass is 16.5. The monoisotopic (exact) mass is 417 g/mol. The Labute approximate surface area is 177 Å². The van der Waals surface area contributed by atoms with Gasteiger partial charge in [0.2, 0.25) is 5.91 Å². The lowest BCUT2D eigenvalue weighted by Crippen LogP contribution is -2.30. The second kappa shape index (κ2) is 10.4. The van der Waals surface area contributed by atoms with Crippen molar-refractivity contribution >= 4 is 5.91 Å². The molecule has 1 aromatic heterocycles. The van der Waals surface area contributed by atoms with Crippen LogP contribution in [0, 0.1) is 0 Å². The van der Waals surface area contributed by atoms with Crippen LogP contribution in [0.1, 0.15) is 36.6 Å². The highest BCUT2D eigenvalue weighted by molar-refractivity contribution is 5.76. The van der Waals surface area contributed by atoms with Gasteiger partial charge in [-0.3, -0.25) is 9.69 Å². The average Bonchev–Trinajstić information content (AvgIpc) is 3.06. The minimum Gasteiger partial charge on any atom is -0.497 e. The molecule has 30 heavy (non-hydrogen) atoms. The maximum atomic E-state index is 12.0. The molecule has 1 aromatic carbocycles. The molecule has 1 N–H and O–H groups in total. The summed E-state index contributed by atoms with van der Waals surface area (Å²) in [6.45, 7) is 5.58. The minimum atomic E-state index is -0.208. The van der Waals surface area contributed by atoms with Gasteiger partial charge >= 0.3 is 0 Å². The third kappa shape index (κ3) is 5.28.